The Kier molecular flexibility index (Phi) is 3.43. The number of anilines is 1. The van der Waals surface area contributed by atoms with Crippen LogP contribution in [0.2, 0.25) is 0 Å². The SMILES string of the molecule is Cc1c(F)cccc1NC(=O)C1CCC(N)C1. The highest BCUT2D eigenvalue weighted by Crippen LogP contribution is 2.26. The lowest BCUT2D eigenvalue weighted by molar-refractivity contribution is -0.119. The number of amides is 1. The van der Waals surface area contributed by atoms with Crippen molar-refractivity contribution in [1.82, 2.24) is 0 Å². The highest BCUT2D eigenvalue weighted by atomic mass is 19.1. The fourth-order valence-corrected chi connectivity index (χ4v) is 2.23. The average molecular weight is 236 g/mol. The molecule has 2 atom stereocenters. The third-order valence-corrected chi connectivity index (χ3v) is 3.37. The van der Waals surface area contributed by atoms with E-state index in [2.05, 4.69) is 5.32 Å². The van der Waals surface area contributed by atoms with Crippen LogP contribution in [0.5, 0.6) is 0 Å². The van der Waals surface area contributed by atoms with Gasteiger partial charge in [0, 0.05) is 23.2 Å². The van der Waals surface area contributed by atoms with Crippen LogP contribution in [0.3, 0.4) is 0 Å². The van der Waals surface area contributed by atoms with Gasteiger partial charge < -0.3 is 11.1 Å². The molecule has 0 spiro atoms. The summed E-state index contributed by atoms with van der Waals surface area (Å²) in [5, 5.41) is 2.78. The van der Waals surface area contributed by atoms with Crippen molar-refractivity contribution < 1.29 is 9.18 Å². The lowest BCUT2D eigenvalue weighted by Crippen LogP contribution is -2.23. The van der Waals surface area contributed by atoms with Gasteiger partial charge in [0.2, 0.25) is 5.91 Å². The molecular formula is C13H17FN2O. The van der Waals surface area contributed by atoms with Gasteiger partial charge in [0.1, 0.15) is 5.82 Å². The molecule has 2 rings (SSSR count). The molecule has 3 N–H and O–H groups in total. The van der Waals surface area contributed by atoms with E-state index >= 15 is 0 Å². The number of hydrogen-bond acceptors (Lipinski definition) is 2. The second-order valence-corrected chi connectivity index (χ2v) is 4.67. The van der Waals surface area contributed by atoms with E-state index in [-0.39, 0.29) is 23.7 Å². The van der Waals surface area contributed by atoms with E-state index in [4.69, 9.17) is 5.73 Å². The summed E-state index contributed by atoms with van der Waals surface area (Å²) < 4.78 is 13.3. The lowest BCUT2D eigenvalue weighted by Gasteiger charge is -2.12. The number of carbonyl (C=O) groups excluding carboxylic acids is 1. The maximum absolute atomic E-state index is 13.3. The highest BCUT2D eigenvalue weighted by Gasteiger charge is 2.27. The van der Waals surface area contributed by atoms with Gasteiger partial charge in [-0.25, -0.2) is 4.39 Å². The van der Waals surface area contributed by atoms with Crippen molar-refractivity contribution in [2.24, 2.45) is 11.7 Å². The van der Waals surface area contributed by atoms with Crippen molar-refractivity contribution in [3.05, 3.63) is 29.6 Å². The number of carbonyl (C=O) groups is 1. The Labute approximate surface area is 100 Å². The van der Waals surface area contributed by atoms with Crippen LogP contribution in [0, 0.1) is 18.7 Å². The van der Waals surface area contributed by atoms with E-state index in [1.807, 2.05) is 0 Å². The Morgan fingerprint density at radius 3 is 2.88 bits per heavy atom. The fourth-order valence-electron chi connectivity index (χ4n) is 2.23. The number of halogens is 1. The predicted octanol–water partition coefficient (Wildman–Crippen LogP) is 2.20. The summed E-state index contributed by atoms with van der Waals surface area (Å²) in [6, 6.07) is 4.82. The van der Waals surface area contributed by atoms with Crippen LogP contribution in [0.25, 0.3) is 0 Å². The minimum absolute atomic E-state index is 0.0346. The molecule has 0 radical (unpaired) electrons. The van der Waals surface area contributed by atoms with Crippen molar-refractivity contribution in [3.8, 4) is 0 Å². The molecule has 1 fully saturated rings. The number of hydrogen-bond donors (Lipinski definition) is 2. The molecule has 0 aliphatic heterocycles. The van der Waals surface area contributed by atoms with Gasteiger partial charge in [-0.05, 0) is 38.3 Å². The van der Waals surface area contributed by atoms with E-state index in [0.29, 0.717) is 11.3 Å². The van der Waals surface area contributed by atoms with Crippen molar-refractivity contribution >= 4 is 11.6 Å². The smallest absolute Gasteiger partial charge is 0.227 e. The van der Waals surface area contributed by atoms with Gasteiger partial charge in [-0.2, -0.15) is 0 Å². The van der Waals surface area contributed by atoms with E-state index in [1.165, 1.54) is 6.07 Å². The van der Waals surface area contributed by atoms with Gasteiger partial charge in [0.05, 0.1) is 0 Å². The second kappa shape index (κ2) is 4.84. The molecule has 0 aromatic heterocycles. The fraction of sp³-hybridized carbons (Fsp3) is 0.462. The zero-order valence-electron chi connectivity index (χ0n) is 9.87. The van der Waals surface area contributed by atoms with Crippen LogP contribution in [0.15, 0.2) is 18.2 Å². The molecule has 17 heavy (non-hydrogen) atoms. The Bertz CT molecular complexity index is 433. The maximum atomic E-state index is 13.3. The Hall–Kier alpha value is -1.42. The summed E-state index contributed by atoms with van der Waals surface area (Å²) in [4.78, 5) is 11.9. The van der Waals surface area contributed by atoms with Crippen LogP contribution in [0.4, 0.5) is 10.1 Å². The van der Waals surface area contributed by atoms with Gasteiger partial charge in [-0.15, -0.1) is 0 Å². The largest absolute Gasteiger partial charge is 0.328 e. The van der Waals surface area contributed by atoms with E-state index in [1.54, 1.807) is 19.1 Å². The van der Waals surface area contributed by atoms with Crippen molar-refractivity contribution in [3.63, 3.8) is 0 Å². The Morgan fingerprint density at radius 2 is 2.24 bits per heavy atom. The molecule has 1 aliphatic rings. The number of rotatable bonds is 2. The first-order valence-electron chi connectivity index (χ1n) is 5.89. The van der Waals surface area contributed by atoms with E-state index in [0.717, 1.165) is 19.3 Å². The zero-order valence-corrected chi connectivity index (χ0v) is 9.87. The molecule has 1 aliphatic carbocycles. The summed E-state index contributed by atoms with van der Waals surface area (Å²) in [6.07, 6.45) is 2.43. The molecule has 4 heteroatoms. The third-order valence-electron chi connectivity index (χ3n) is 3.37. The third kappa shape index (κ3) is 2.64. The molecule has 2 unspecified atom stereocenters. The zero-order chi connectivity index (χ0) is 12.4. The van der Waals surface area contributed by atoms with Crippen molar-refractivity contribution in [2.75, 3.05) is 5.32 Å². The molecule has 1 amide bonds. The average Bonchev–Trinajstić information content (AvgIpc) is 2.72. The summed E-state index contributed by atoms with van der Waals surface area (Å²) in [5.41, 5.74) is 6.80. The molecule has 0 heterocycles. The first kappa shape index (κ1) is 12.0. The summed E-state index contributed by atoms with van der Waals surface area (Å²) in [5.74, 6) is -0.384. The molecule has 1 aromatic carbocycles. The Morgan fingerprint density at radius 1 is 1.47 bits per heavy atom. The van der Waals surface area contributed by atoms with Crippen molar-refractivity contribution in [2.45, 2.75) is 32.2 Å². The molecule has 1 saturated carbocycles. The summed E-state index contributed by atoms with van der Waals surface area (Å²) in [6.45, 7) is 1.66. The second-order valence-electron chi connectivity index (χ2n) is 4.67. The minimum Gasteiger partial charge on any atom is -0.328 e. The molecule has 1 aromatic rings. The van der Waals surface area contributed by atoms with Gasteiger partial charge in [-0.1, -0.05) is 6.07 Å². The molecule has 0 saturated heterocycles. The lowest BCUT2D eigenvalue weighted by atomic mass is 10.1. The van der Waals surface area contributed by atoms with Gasteiger partial charge in [0.15, 0.2) is 0 Å². The molecule has 0 bridgehead atoms. The summed E-state index contributed by atoms with van der Waals surface area (Å²) >= 11 is 0. The van der Waals surface area contributed by atoms with Crippen molar-refractivity contribution in [1.29, 1.82) is 0 Å². The first-order valence-corrected chi connectivity index (χ1v) is 5.89. The molecular weight excluding hydrogens is 219 g/mol. The van der Waals surface area contributed by atoms with Gasteiger partial charge in [-0.3, -0.25) is 4.79 Å². The minimum atomic E-state index is -0.300. The topological polar surface area (TPSA) is 55.1 Å². The van der Waals surface area contributed by atoms with Gasteiger partial charge >= 0.3 is 0 Å². The standard InChI is InChI=1S/C13H17FN2O/c1-8-11(14)3-2-4-12(8)16-13(17)9-5-6-10(15)7-9/h2-4,9-10H,5-7,15H2,1H3,(H,16,17). The van der Waals surface area contributed by atoms with Crippen LogP contribution in [-0.4, -0.2) is 11.9 Å². The van der Waals surface area contributed by atoms with E-state index < -0.39 is 0 Å². The maximum Gasteiger partial charge on any atom is 0.227 e. The molecule has 92 valence electrons. The number of benzene rings is 1. The number of nitrogens with one attached hydrogen (secondary N) is 1. The van der Waals surface area contributed by atoms with Crippen LogP contribution >= 0.6 is 0 Å². The first-order chi connectivity index (χ1) is 8.08. The highest BCUT2D eigenvalue weighted by molar-refractivity contribution is 5.93. The quantitative estimate of drug-likeness (QED) is 0.827. The van der Waals surface area contributed by atoms with Crippen LogP contribution < -0.4 is 11.1 Å². The molecule has 3 nitrogen and oxygen atoms in total. The predicted molar refractivity (Wildman–Crippen MR) is 65.1 cm³/mol. The monoisotopic (exact) mass is 236 g/mol. The van der Waals surface area contributed by atoms with Gasteiger partial charge in [0.25, 0.3) is 0 Å². The van der Waals surface area contributed by atoms with Crippen LogP contribution in [0.1, 0.15) is 24.8 Å². The number of nitrogens with two attached hydrogens (primary N) is 1. The van der Waals surface area contributed by atoms with Crippen LogP contribution in [-0.2, 0) is 4.79 Å². The van der Waals surface area contributed by atoms with E-state index in [9.17, 15) is 9.18 Å². The summed E-state index contributed by atoms with van der Waals surface area (Å²) in [7, 11) is 0. The normalized spacial score (nSPS) is 23.7. The Balaban J connectivity index is 2.06.